The van der Waals surface area contributed by atoms with Crippen LogP contribution in [0.5, 0.6) is 5.75 Å². The van der Waals surface area contributed by atoms with Gasteiger partial charge in [-0.3, -0.25) is 14.5 Å². The third-order valence-corrected chi connectivity index (χ3v) is 6.86. The number of carbonyl (C=O) groups is 1. The van der Waals surface area contributed by atoms with E-state index in [0.29, 0.717) is 13.0 Å². The summed E-state index contributed by atoms with van der Waals surface area (Å²) in [4.78, 5) is 28.7. The fraction of sp³-hybridized carbons (Fsp3) is 0.379. The molecule has 0 saturated carbocycles. The molecule has 184 valence electrons. The normalized spacial score (nSPS) is 14.6. The van der Waals surface area contributed by atoms with Crippen molar-refractivity contribution in [1.29, 1.82) is 0 Å². The number of rotatable bonds is 8. The Bertz CT molecular complexity index is 1190. The minimum absolute atomic E-state index is 0.0787. The lowest BCUT2D eigenvalue weighted by atomic mass is 10.0. The molecule has 35 heavy (non-hydrogen) atoms. The number of methoxy groups -OCH3 is 1. The van der Waals surface area contributed by atoms with Crippen LogP contribution < -0.4 is 15.5 Å². The van der Waals surface area contributed by atoms with Crippen molar-refractivity contribution in [2.24, 2.45) is 0 Å². The van der Waals surface area contributed by atoms with Crippen molar-refractivity contribution in [2.75, 3.05) is 20.2 Å². The molecule has 0 radical (unpaired) electrons. The quantitative estimate of drug-likeness (QED) is 0.533. The van der Waals surface area contributed by atoms with Crippen LogP contribution in [0.15, 0.2) is 65.5 Å². The lowest BCUT2D eigenvalue weighted by Crippen LogP contribution is -2.45. The standard InChI is InChI=1S/C29H35N3O3/c1-4-26-28(27(33)18-21(2)32(26)20-23-10-12-25(35-3)13-11-23)29(34)30-24-14-16-31(17-15-24)19-22-8-6-5-7-9-22/h5-13,18,24H,4,14-17,19-20H2,1-3H3,(H,30,34). The highest BCUT2D eigenvalue weighted by Gasteiger charge is 2.25. The van der Waals surface area contributed by atoms with Crippen molar-refractivity contribution >= 4 is 5.91 Å². The number of hydrogen-bond acceptors (Lipinski definition) is 4. The largest absolute Gasteiger partial charge is 0.497 e. The number of likely N-dealkylation sites (tertiary alicyclic amines) is 1. The van der Waals surface area contributed by atoms with Gasteiger partial charge in [-0.15, -0.1) is 0 Å². The first-order chi connectivity index (χ1) is 17.0. The third kappa shape index (κ3) is 6.01. The van der Waals surface area contributed by atoms with E-state index in [4.69, 9.17) is 4.74 Å². The van der Waals surface area contributed by atoms with Gasteiger partial charge < -0.3 is 14.6 Å². The van der Waals surface area contributed by atoms with E-state index >= 15 is 0 Å². The zero-order valence-corrected chi connectivity index (χ0v) is 20.9. The zero-order valence-electron chi connectivity index (χ0n) is 20.9. The first kappa shape index (κ1) is 24.7. The molecule has 1 amide bonds. The van der Waals surface area contributed by atoms with Crippen molar-refractivity contribution in [3.8, 4) is 5.75 Å². The Balaban J connectivity index is 1.46. The van der Waals surface area contributed by atoms with Crippen LogP contribution in [0.4, 0.5) is 0 Å². The average molecular weight is 474 g/mol. The maximum absolute atomic E-state index is 13.3. The van der Waals surface area contributed by atoms with Gasteiger partial charge in [0.25, 0.3) is 5.91 Å². The van der Waals surface area contributed by atoms with Crippen LogP contribution >= 0.6 is 0 Å². The van der Waals surface area contributed by atoms with Crippen LogP contribution in [-0.4, -0.2) is 41.6 Å². The molecule has 6 heteroatoms. The highest BCUT2D eigenvalue weighted by molar-refractivity contribution is 5.95. The Labute approximate surface area is 207 Å². The van der Waals surface area contributed by atoms with Gasteiger partial charge in [0, 0.05) is 49.7 Å². The van der Waals surface area contributed by atoms with Gasteiger partial charge in [-0.2, -0.15) is 0 Å². The van der Waals surface area contributed by atoms with Gasteiger partial charge in [0.1, 0.15) is 11.3 Å². The number of piperidine rings is 1. The second-order valence-electron chi connectivity index (χ2n) is 9.27. The van der Waals surface area contributed by atoms with Gasteiger partial charge in [0.05, 0.1) is 7.11 Å². The lowest BCUT2D eigenvalue weighted by Gasteiger charge is -2.32. The fourth-order valence-corrected chi connectivity index (χ4v) is 4.91. The van der Waals surface area contributed by atoms with E-state index in [1.54, 1.807) is 13.2 Å². The molecule has 1 aromatic heterocycles. The summed E-state index contributed by atoms with van der Waals surface area (Å²) in [6.45, 7) is 7.30. The number of hydrogen-bond donors (Lipinski definition) is 1. The van der Waals surface area contributed by atoms with Crippen molar-refractivity contribution in [3.05, 3.63) is 99.0 Å². The fourth-order valence-electron chi connectivity index (χ4n) is 4.91. The van der Waals surface area contributed by atoms with E-state index in [9.17, 15) is 9.59 Å². The van der Waals surface area contributed by atoms with Crippen LogP contribution in [0, 0.1) is 6.92 Å². The van der Waals surface area contributed by atoms with Gasteiger partial charge in [0.15, 0.2) is 5.43 Å². The van der Waals surface area contributed by atoms with Gasteiger partial charge >= 0.3 is 0 Å². The second-order valence-corrected chi connectivity index (χ2v) is 9.27. The number of benzene rings is 2. The predicted molar refractivity (Wildman–Crippen MR) is 139 cm³/mol. The van der Waals surface area contributed by atoms with Crippen molar-refractivity contribution < 1.29 is 9.53 Å². The number of amides is 1. The molecule has 1 fully saturated rings. The van der Waals surface area contributed by atoms with E-state index in [-0.39, 0.29) is 22.9 Å². The van der Waals surface area contributed by atoms with Crippen LogP contribution in [0.25, 0.3) is 0 Å². The highest BCUT2D eigenvalue weighted by Crippen LogP contribution is 2.18. The Morgan fingerprint density at radius 2 is 1.66 bits per heavy atom. The number of carbonyl (C=O) groups excluding carboxylic acids is 1. The number of nitrogens with zero attached hydrogens (tertiary/aromatic N) is 2. The summed E-state index contributed by atoms with van der Waals surface area (Å²) >= 11 is 0. The van der Waals surface area contributed by atoms with Gasteiger partial charge in [-0.1, -0.05) is 49.4 Å². The Morgan fingerprint density at radius 3 is 2.29 bits per heavy atom. The molecule has 3 aromatic rings. The molecule has 1 aliphatic rings. The maximum atomic E-state index is 13.3. The topological polar surface area (TPSA) is 63.6 Å². The molecule has 4 rings (SSSR count). The van der Waals surface area contributed by atoms with Gasteiger partial charge in [-0.25, -0.2) is 0 Å². The Kier molecular flexibility index (Phi) is 8.03. The van der Waals surface area contributed by atoms with E-state index in [2.05, 4.69) is 39.0 Å². The minimum atomic E-state index is -0.253. The van der Waals surface area contributed by atoms with Crippen molar-refractivity contribution in [3.63, 3.8) is 0 Å². The SMILES string of the molecule is CCc1c(C(=O)NC2CCN(Cc3ccccc3)CC2)c(=O)cc(C)n1Cc1ccc(OC)cc1. The molecule has 1 saturated heterocycles. The van der Waals surface area contributed by atoms with Crippen LogP contribution in [0.2, 0.25) is 0 Å². The summed E-state index contributed by atoms with van der Waals surface area (Å²) < 4.78 is 7.34. The summed E-state index contributed by atoms with van der Waals surface area (Å²) in [6.07, 6.45) is 2.36. The van der Waals surface area contributed by atoms with Crippen molar-refractivity contribution in [2.45, 2.75) is 52.2 Å². The smallest absolute Gasteiger partial charge is 0.257 e. The van der Waals surface area contributed by atoms with Crippen LogP contribution in [-0.2, 0) is 19.5 Å². The number of aryl methyl sites for hydroxylation is 1. The first-order valence-corrected chi connectivity index (χ1v) is 12.4. The molecule has 0 atom stereocenters. The first-order valence-electron chi connectivity index (χ1n) is 12.4. The van der Waals surface area contributed by atoms with Gasteiger partial charge in [-0.05, 0) is 49.4 Å². The third-order valence-electron chi connectivity index (χ3n) is 6.86. The highest BCUT2D eigenvalue weighted by atomic mass is 16.5. The van der Waals surface area contributed by atoms with Crippen LogP contribution in [0.3, 0.4) is 0 Å². The second kappa shape index (κ2) is 11.4. The van der Waals surface area contributed by atoms with E-state index in [1.165, 1.54) is 5.56 Å². The summed E-state index contributed by atoms with van der Waals surface area (Å²) in [7, 11) is 1.65. The Morgan fingerprint density at radius 1 is 1.00 bits per heavy atom. The van der Waals surface area contributed by atoms with Crippen molar-refractivity contribution in [1.82, 2.24) is 14.8 Å². The summed E-state index contributed by atoms with van der Waals surface area (Å²) in [6, 6.07) is 20.0. The molecule has 2 heterocycles. The number of nitrogens with one attached hydrogen (secondary N) is 1. The van der Waals surface area contributed by atoms with E-state index in [0.717, 1.165) is 55.2 Å². The average Bonchev–Trinajstić information content (AvgIpc) is 2.87. The molecule has 0 aliphatic carbocycles. The van der Waals surface area contributed by atoms with E-state index in [1.807, 2.05) is 44.2 Å². The molecule has 0 unspecified atom stereocenters. The number of ether oxygens (including phenoxy) is 1. The minimum Gasteiger partial charge on any atom is -0.497 e. The monoisotopic (exact) mass is 473 g/mol. The Hall–Kier alpha value is -3.38. The zero-order chi connectivity index (χ0) is 24.8. The molecular weight excluding hydrogens is 438 g/mol. The lowest BCUT2D eigenvalue weighted by molar-refractivity contribution is 0.0906. The molecule has 6 nitrogen and oxygen atoms in total. The number of pyridine rings is 1. The number of aromatic nitrogens is 1. The van der Waals surface area contributed by atoms with E-state index < -0.39 is 0 Å². The van der Waals surface area contributed by atoms with Gasteiger partial charge in [0.2, 0.25) is 0 Å². The molecule has 0 bridgehead atoms. The molecular formula is C29H35N3O3. The predicted octanol–water partition coefficient (Wildman–Crippen LogP) is 4.17. The van der Waals surface area contributed by atoms with Crippen LogP contribution in [0.1, 0.15) is 52.6 Å². The summed E-state index contributed by atoms with van der Waals surface area (Å²) in [5, 5.41) is 3.17. The molecule has 1 N–H and O–H groups in total. The molecule has 2 aromatic carbocycles. The molecule has 1 aliphatic heterocycles. The maximum Gasteiger partial charge on any atom is 0.257 e. The summed E-state index contributed by atoms with van der Waals surface area (Å²) in [5.74, 6) is 0.549. The molecule has 0 spiro atoms. The summed E-state index contributed by atoms with van der Waals surface area (Å²) in [5.41, 5.74) is 4.10.